The molecule has 0 bridgehead atoms. The largest absolute Gasteiger partial charge is 0.453 e. The fourth-order valence-electron chi connectivity index (χ4n) is 1.78. The molecule has 0 aliphatic rings. The van der Waals surface area contributed by atoms with Crippen molar-refractivity contribution in [2.75, 3.05) is 0 Å². The highest BCUT2D eigenvalue weighted by Gasteiger charge is 2.27. The van der Waals surface area contributed by atoms with Crippen molar-refractivity contribution in [2.45, 2.75) is 19.6 Å². The lowest BCUT2D eigenvalue weighted by Crippen LogP contribution is -2.31. The van der Waals surface area contributed by atoms with E-state index in [1.54, 1.807) is 6.07 Å². The zero-order valence-electron chi connectivity index (χ0n) is 13.1. The Labute approximate surface area is 140 Å². The molecule has 5 N–H and O–H groups in total. The van der Waals surface area contributed by atoms with Crippen molar-refractivity contribution in [3.05, 3.63) is 46.1 Å². The van der Waals surface area contributed by atoms with Gasteiger partial charge in [-0.2, -0.15) is 0 Å². The Balaban J connectivity index is 2.16. The van der Waals surface area contributed by atoms with Crippen LogP contribution in [0.5, 0.6) is 5.75 Å². The molecule has 11 heteroatoms. The number of carbonyl (C=O) groups excluding carboxylic acids is 3. The minimum absolute atomic E-state index is 0.0417. The van der Waals surface area contributed by atoms with Crippen molar-refractivity contribution in [3.8, 4) is 5.75 Å². The molecule has 0 saturated carbocycles. The zero-order chi connectivity index (χ0) is 18.6. The molecule has 1 aromatic carbocycles. The lowest BCUT2D eigenvalue weighted by atomic mass is 10.2. The summed E-state index contributed by atoms with van der Waals surface area (Å²) in [4.78, 5) is 46.2. The topological polar surface area (TPSA) is 174 Å². The second-order valence-electron chi connectivity index (χ2n) is 4.92. The van der Waals surface area contributed by atoms with Gasteiger partial charge < -0.3 is 20.9 Å². The van der Waals surface area contributed by atoms with Crippen LogP contribution in [-0.4, -0.2) is 29.0 Å². The van der Waals surface area contributed by atoms with Crippen LogP contribution in [0.4, 0.5) is 0 Å². The number of carbonyl (C=O) groups is 3. The van der Waals surface area contributed by atoms with E-state index in [1.165, 1.54) is 25.1 Å². The standard InChI is InChI=1S/C14H14N4O7/c1-7(15)13(20)24-10-5-3-2-4-8(10)14(21)23-6-9-11(12(16)19)18(22)25-17-9/h2-5,7H,6,15H2,1H3,(H2-,16,17,19,22)/p+1. The Morgan fingerprint density at radius 3 is 2.64 bits per heavy atom. The average Bonchev–Trinajstić information content (AvgIpc) is 2.93. The minimum atomic E-state index is -1.06. The maximum atomic E-state index is 12.2. The van der Waals surface area contributed by atoms with Gasteiger partial charge in [-0.15, -0.1) is 0 Å². The first-order valence-electron chi connectivity index (χ1n) is 6.98. The van der Waals surface area contributed by atoms with Crippen molar-refractivity contribution < 1.29 is 33.1 Å². The van der Waals surface area contributed by atoms with Gasteiger partial charge in [0.05, 0.1) is 0 Å². The summed E-state index contributed by atoms with van der Waals surface area (Å²) < 4.78 is 14.2. The number of aromatic amines is 1. The summed E-state index contributed by atoms with van der Waals surface area (Å²) in [6, 6.07) is 4.96. The molecule has 2 aromatic rings. The first kappa shape index (κ1) is 17.9. The van der Waals surface area contributed by atoms with E-state index in [0.717, 1.165) is 0 Å². The Morgan fingerprint density at radius 1 is 1.32 bits per heavy atom. The molecule has 0 saturated heterocycles. The molecule has 2 rings (SSSR count). The van der Waals surface area contributed by atoms with Crippen LogP contribution in [0, 0.1) is 4.91 Å². The lowest BCUT2D eigenvalue weighted by Gasteiger charge is -2.10. The van der Waals surface area contributed by atoms with Gasteiger partial charge in [-0.1, -0.05) is 21.9 Å². The van der Waals surface area contributed by atoms with Gasteiger partial charge in [-0.25, -0.2) is 9.59 Å². The number of aromatic nitrogens is 2. The van der Waals surface area contributed by atoms with Crippen LogP contribution in [0.15, 0.2) is 28.9 Å². The number of para-hydroxylation sites is 1. The maximum Gasteiger partial charge on any atom is 0.342 e. The summed E-state index contributed by atoms with van der Waals surface area (Å²) >= 11 is 0. The molecule has 0 spiro atoms. The fraction of sp³-hybridized carbons (Fsp3) is 0.214. The van der Waals surface area contributed by atoms with Crippen LogP contribution in [0.25, 0.3) is 0 Å². The second kappa shape index (κ2) is 7.40. The van der Waals surface area contributed by atoms with Crippen LogP contribution < -0.4 is 20.8 Å². The highest BCUT2D eigenvalue weighted by molar-refractivity contribution is 5.94. The molecule has 0 aliphatic carbocycles. The summed E-state index contributed by atoms with van der Waals surface area (Å²) in [5, 5.41) is 2.12. The minimum Gasteiger partial charge on any atom is -0.453 e. The molecule has 0 aliphatic heterocycles. The van der Waals surface area contributed by atoms with Crippen molar-refractivity contribution in [1.82, 2.24) is 5.16 Å². The van der Waals surface area contributed by atoms with Gasteiger partial charge in [0.2, 0.25) is 5.69 Å². The highest BCUT2D eigenvalue weighted by atomic mass is 16.7. The molecule has 1 unspecified atom stereocenters. The fourth-order valence-corrected chi connectivity index (χ4v) is 1.78. The predicted octanol–water partition coefficient (Wildman–Crippen LogP) is -0.769. The first-order valence-corrected chi connectivity index (χ1v) is 6.98. The van der Waals surface area contributed by atoms with Crippen LogP contribution in [-0.2, 0) is 16.1 Å². The van der Waals surface area contributed by atoms with Crippen molar-refractivity contribution in [3.63, 3.8) is 0 Å². The molecular formula is C14H15N4O7+. The number of esters is 2. The summed E-state index contributed by atoms with van der Waals surface area (Å²) in [6.45, 7) is 0.937. The number of hydrogen-bond donors (Lipinski definition) is 3. The van der Waals surface area contributed by atoms with Crippen molar-refractivity contribution in [2.24, 2.45) is 11.5 Å². The Bertz CT molecular complexity index is 868. The van der Waals surface area contributed by atoms with E-state index in [9.17, 15) is 19.3 Å². The zero-order valence-corrected chi connectivity index (χ0v) is 13.1. The molecule has 1 atom stereocenters. The molecular weight excluding hydrogens is 336 g/mol. The molecule has 1 heterocycles. The van der Waals surface area contributed by atoms with Crippen LogP contribution >= 0.6 is 0 Å². The summed E-state index contributed by atoms with van der Waals surface area (Å²) in [5.41, 5.74) is 9.75. The van der Waals surface area contributed by atoms with Crippen molar-refractivity contribution in [1.29, 1.82) is 0 Å². The number of nitrogens with one attached hydrogen (secondary N) is 1. The van der Waals surface area contributed by atoms with E-state index in [0.29, 0.717) is 0 Å². The number of nitrogens with zero attached hydrogens (tertiary/aromatic N) is 1. The first-order chi connectivity index (χ1) is 11.8. The number of primary amides is 1. The Kier molecular flexibility index (Phi) is 5.29. The van der Waals surface area contributed by atoms with E-state index < -0.39 is 36.2 Å². The Morgan fingerprint density at radius 2 is 2.00 bits per heavy atom. The monoisotopic (exact) mass is 351 g/mol. The third-order valence-corrected chi connectivity index (χ3v) is 2.99. The number of ether oxygens (including phenoxy) is 2. The predicted molar refractivity (Wildman–Crippen MR) is 79.8 cm³/mol. The number of hydrogen-bond acceptors (Lipinski definition) is 8. The van der Waals surface area contributed by atoms with Gasteiger partial charge in [0, 0.05) is 0 Å². The number of benzene rings is 1. The van der Waals surface area contributed by atoms with Crippen LogP contribution in [0.1, 0.15) is 33.5 Å². The third kappa shape index (κ3) is 4.09. The number of H-pyrrole nitrogens is 1. The van der Waals surface area contributed by atoms with E-state index in [-0.39, 0.29) is 21.6 Å². The van der Waals surface area contributed by atoms with Gasteiger partial charge in [0.1, 0.15) is 17.4 Å². The molecule has 1 amide bonds. The van der Waals surface area contributed by atoms with E-state index in [1.807, 2.05) is 0 Å². The maximum absolute atomic E-state index is 12.2. The third-order valence-electron chi connectivity index (χ3n) is 2.99. The Hall–Kier alpha value is -3.47. The second-order valence-corrected chi connectivity index (χ2v) is 4.92. The number of rotatable bonds is 6. The van der Waals surface area contributed by atoms with Crippen LogP contribution in [0.3, 0.4) is 0 Å². The average molecular weight is 351 g/mol. The smallest absolute Gasteiger partial charge is 0.342 e. The number of nitrogens with two attached hydrogens (primary N) is 2. The lowest BCUT2D eigenvalue weighted by molar-refractivity contribution is -0.714. The molecule has 0 fully saturated rings. The molecule has 11 nitrogen and oxygen atoms in total. The van der Waals surface area contributed by atoms with Gasteiger partial charge >= 0.3 is 23.5 Å². The van der Waals surface area contributed by atoms with E-state index in [2.05, 4.69) is 9.79 Å². The van der Waals surface area contributed by atoms with Gasteiger partial charge in [0.25, 0.3) is 0 Å². The van der Waals surface area contributed by atoms with E-state index >= 15 is 0 Å². The van der Waals surface area contributed by atoms with E-state index in [4.69, 9.17) is 20.9 Å². The van der Waals surface area contributed by atoms with Gasteiger partial charge in [-0.3, -0.25) is 4.79 Å². The molecule has 0 radical (unpaired) electrons. The SMILES string of the molecule is CC(N)C(=O)Oc1ccccc1C(=O)OCc1[nH]o[n+](=O)c1C(N)=O. The molecule has 25 heavy (non-hydrogen) atoms. The normalized spacial score (nSPS) is 11.6. The van der Waals surface area contributed by atoms with Crippen LogP contribution in [0.2, 0.25) is 0 Å². The summed E-state index contributed by atoms with van der Waals surface area (Å²) in [5.74, 6) is -2.69. The molecule has 1 aromatic heterocycles. The van der Waals surface area contributed by atoms with Crippen molar-refractivity contribution >= 4 is 17.8 Å². The van der Waals surface area contributed by atoms with Gasteiger partial charge in [0.15, 0.2) is 11.2 Å². The summed E-state index contributed by atoms with van der Waals surface area (Å²) in [6.07, 6.45) is 0. The number of amides is 1. The van der Waals surface area contributed by atoms with Gasteiger partial charge in [-0.05, 0) is 24.0 Å². The quantitative estimate of drug-likeness (QED) is 0.449. The molecule has 132 valence electrons. The summed E-state index contributed by atoms with van der Waals surface area (Å²) in [7, 11) is 0. The highest BCUT2D eigenvalue weighted by Crippen LogP contribution is 2.20.